The van der Waals surface area contributed by atoms with Gasteiger partial charge in [0.2, 0.25) is 0 Å². The molecular weight excluding hydrogens is 354 g/mol. The molecule has 1 aromatic carbocycles. The minimum absolute atomic E-state index is 0.214. The van der Waals surface area contributed by atoms with Crippen molar-refractivity contribution in [2.75, 3.05) is 46.1 Å². The molecule has 2 aromatic rings. The van der Waals surface area contributed by atoms with E-state index in [0.29, 0.717) is 0 Å². The highest BCUT2D eigenvalue weighted by Crippen LogP contribution is 2.41. The number of rotatable bonds is 4. The zero-order valence-electron chi connectivity index (χ0n) is 16.4. The number of likely N-dealkylation sites (tertiary alicyclic amines) is 1. The molecule has 150 valence electrons. The van der Waals surface area contributed by atoms with E-state index < -0.39 is 0 Å². The first-order valence-corrected chi connectivity index (χ1v) is 10.5. The Morgan fingerprint density at radius 3 is 2.71 bits per heavy atom. The third-order valence-electron chi connectivity index (χ3n) is 6.31. The number of fused-ring (bicyclic) bond motifs is 2. The average molecular weight is 383 g/mol. The summed E-state index contributed by atoms with van der Waals surface area (Å²) in [6, 6.07) is 10.4. The van der Waals surface area contributed by atoms with Crippen LogP contribution in [0.2, 0.25) is 0 Å². The van der Waals surface area contributed by atoms with E-state index in [1.54, 1.807) is 0 Å². The quantitative estimate of drug-likeness (QED) is 0.812. The molecule has 0 N–H and O–H groups in total. The fraction of sp³-hybridized carbons (Fsp3) is 0.591. The van der Waals surface area contributed by atoms with Gasteiger partial charge in [-0.2, -0.15) is 5.10 Å². The molecule has 1 aromatic heterocycles. The second-order valence-electron chi connectivity index (χ2n) is 8.07. The second-order valence-corrected chi connectivity index (χ2v) is 8.07. The Bertz CT molecular complexity index is 778. The summed E-state index contributed by atoms with van der Waals surface area (Å²) in [6.07, 6.45) is 6.46. The molecule has 0 saturated carbocycles. The molecule has 5 rings (SSSR count). The van der Waals surface area contributed by atoms with Crippen LogP contribution in [0, 0.1) is 0 Å². The lowest BCUT2D eigenvalue weighted by Gasteiger charge is -2.43. The number of benzene rings is 1. The molecule has 1 unspecified atom stereocenters. The van der Waals surface area contributed by atoms with Gasteiger partial charge in [0.25, 0.3) is 0 Å². The van der Waals surface area contributed by atoms with Crippen molar-refractivity contribution in [1.29, 1.82) is 0 Å². The van der Waals surface area contributed by atoms with Gasteiger partial charge >= 0.3 is 0 Å². The Kier molecular flexibility index (Phi) is 5.20. The monoisotopic (exact) mass is 383 g/mol. The van der Waals surface area contributed by atoms with E-state index in [2.05, 4.69) is 35.4 Å². The number of nitrogens with zero attached hydrogens (tertiary/aromatic N) is 3. The maximum absolute atomic E-state index is 6.38. The summed E-state index contributed by atoms with van der Waals surface area (Å²) in [5, 5.41) is 4.98. The standard InChI is InChI=1S/C22H29N3O3/c1-2-4-19(5-3-1)25-16-18-7-13-28-22(21(18)23-25)8-11-24(12-9-22)10-6-20-17-26-14-15-27-20/h1-5,16,20H,6-15,17H2. The maximum Gasteiger partial charge on any atom is 0.115 e. The van der Waals surface area contributed by atoms with Crippen LogP contribution in [-0.4, -0.2) is 66.8 Å². The van der Waals surface area contributed by atoms with E-state index in [1.807, 2.05) is 10.7 Å². The van der Waals surface area contributed by atoms with Gasteiger partial charge in [0.1, 0.15) is 5.60 Å². The SMILES string of the molecule is c1ccc(-n2cc3c(n2)C2(CCN(CCC4COCCO4)CC2)OCC3)cc1. The van der Waals surface area contributed by atoms with Crippen LogP contribution in [-0.2, 0) is 26.2 Å². The third kappa shape index (κ3) is 3.62. The topological polar surface area (TPSA) is 48.8 Å². The lowest BCUT2D eigenvalue weighted by molar-refractivity contribution is -0.109. The molecule has 0 bridgehead atoms. The number of piperidine rings is 1. The highest BCUT2D eigenvalue weighted by atomic mass is 16.6. The second kappa shape index (κ2) is 7.95. The van der Waals surface area contributed by atoms with E-state index in [0.717, 1.165) is 83.1 Å². The van der Waals surface area contributed by atoms with Crippen LogP contribution in [0.5, 0.6) is 0 Å². The molecule has 0 radical (unpaired) electrons. The first-order chi connectivity index (χ1) is 13.8. The Labute approximate surface area is 166 Å². The summed E-state index contributed by atoms with van der Waals surface area (Å²) in [5.41, 5.74) is 3.40. The summed E-state index contributed by atoms with van der Waals surface area (Å²) < 4.78 is 19.7. The largest absolute Gasteiger partial charge is 0.376 e. The van der Waals surface area contributed by atoms with Gasteiger partial charge in [-0.25, -0.2) is 4.68 Å². The summed E-state index contributed by atoms with van der Waals surface area (Å²) >= 11 is 0. The number of hydrogen-bond donors (Lipinski definition) is 0. The van der Waals surface area contributed by atoms with E-state index >= 15 is 0 Å². The van der Waals surface area contributed by atoms with Gasteiger partial charge in [-0.1, -0.05) is 18.2 Å². The van der Waals surface area contributed by atoms with Crippen LogP contribution in [0.1, 0.15) is 30.5 Å². The van der Waals surface area contributed by atoms with Crippen molar-refractivity contribution in [2.24, 2.45) is 0 Å². The molecule has 4 heterocycles. The first-order valence-electron chi connectivity index (χ1n) is 10.5. The van der Waals surface area contributed by atoms with Crippen molar-refractivity contribution in [3.63, 3.8) is 0 Å². The summed E-state index contributed by atoms with van der Waals surface area (Å²) in [5.74, 6) is 0. The fourth-order valence-electron chi connectivity index (χ4n) is 4.66. The lowest BCUT2D eigenvalue weighted by Crippen LogP contribution is -2.47. The highest BCUT2D eigenvalue weighted by Gasteiger charge is 2.43. The van der Waals surface area contributed by atoms with Crippen LogP contribution in [0.25, 0.3) is 5.69 Å². The summed E-state index contributed by atoms with van der Waals surface area (Å²) in [6.45, 7) is 6.15. The minimum Gasteiger partial charge on any atom is -0.376 e. The van der Waals surface area contributed by atoms with Gasteiger partial charge in [0, 0.05) is 25.8 Å². The molecule has 6 heteroatoms. The van der Waals surface area contributed by atoms with Gasteiger partial charge in [-0.05, 0) is 43.4 Å². The number of aromatic nitrogens is 2. The molecular formula is C22H29N3O3. The van der Waals surface area contributed by atoms with Crippen LogP contribution in [0.15, 0.2) is 36.5 Å². The molecule has 1 atom stereocenters. The van der Waals surface area contributed by atoms with E-state index in [4.69, 9.17) is 19.3 Å². The van der Waals surface area contributed by atoms with Gasteiger partial charge in [-0.3, -0.25) is 0 Å². The molecule has 3 aliphatic rings. The molecule has 3 aliphatic heterocycles. The molecule has 1 spiro atoms. The maximum atomic E-state index is 6.38. The van der Waals surface area contributed by atoms with E-state index in [9.17, 15) is 0 Å². The smallest absolute Gasteiger partial charge is 0.115 e. The number of ether oxygens (including phenoxy) is 3. The molecule has 28 heavy (non-hydrogen) atoms. The predicted molar refractivity (Wildman–Crippen MR) is 106 cm³/mol. The molecule has 0 aliphatic carbocycles. The van der Waals surface area contributed by atoms with Crippen LogP contribution in [0.3, 0.4) is 0 Å². The first kappa shape index (κ1) is 18.3. The summed E-state index contributed by atoms with van der Waals surface area (Å²) in [7, 11) is 0. The Hall–Kier alpha value is -1.73. The molecule has 6 nitrogen and oxygen atoms in total. The van der Waals surface area contributed by atoms with Crippen molar-refractivity contribution < 1.29 is 14.2 Å². The van der Waals surface area contributed by atoms with Gasteiger partial charge in [0.15, 0.2) is 0 Å². The van der Waals surface area contributed by atoms with Crippen LogP contribution < -0.4 is 0 Å². The van der Waals surface area contributed by atoms with Gasteiger partial charge in [0.05, 0.1) is 43.9 Å². The minimum atomic E-state index is -0.214. The van der Waals surface area contributed by atoms with Gasteiger partial charge in [-0.15, -0.1) is 0 Å². The Morgan fingerprint density at radius 2 is 1.93 bits per heavy atom. The Morgan fingerprint density at radius 1 is 1.07 bits per heavy atom. The Balaban J connectivity index is 1.26. The van der Waals surface area contributed by atoms with Crippen molar-refractivity contribution >= 4 is 0 Å². The fourth-order valence-corrected chi connectivity index (χ4v) is 4.66. The van der Waals surface area contributed by atoms with Crippen LogP contribution in [0.4, 0.5) is 0 Å². The third-order valence-corrected chi connectivity index (χ3v) is 6.31. The van der Waals surface area contributed by atoms with E-state index in [-0.39, 0.29) is 11.7 Å². The van der Waals surface area contributed by atoms with E-state index in [1.165, 1.54) is 5.56 Å². The molecule has 2 fully saturated rings. The normalized spacial score (nSPS) is 24.9. The zero-order valence-corrected chi connectivity index (χ0v) is 16.4. The van der Waals surface area contributed by atoms with Crippen molar-refractivity contribution in [1.82, 2.24) is 14.7 Å². The summed E-state index contributed by atoms with van der Waals surface area (Å²) in [4.78, 5) is 2.54. The lowest BCUT2D eigenvalue weighted by atomic mass is 9.83. The van der Waals surface area contributed by atoms with Crippen molar-refractivity contribution in [3.8, 4) is 5.69 Å². The molecule has 0 amide bonds. The van der Waals surface area contributed by atoms with Crippen LogP contribution >= 0.6 is 0 Å². The van der Waals surface area contributed by atoms with Gasteiger partial charge < -0.3 is 19.1 Å². The zero-order chi connectivity index (χ0) is 18.8. The average Bonchev–Trinajstić information content (AvgIpc) is 3.21. The van der Waals surface area contributed by atoms with Crippen molar-refractivity contribution in [2.45, 2.75) is 37.4 Å². The number of para-hydroxylation sites is 1. The number of hydrogen-bond acceptors (Lipinski definition) is 5. The molecule has 2 saturated heterocycles. The van der Waals surface area contributed by atoms with Crippen molar-refractivity contribution in [3.05, 3.63) is 47.8 Å². The highest BCUT2D eigenvalue weighted by molar-refractivity contribution is 5.35. The predicted octanol–water partition coefficient (Wildman–Crippen LogP) is 2.54.